The minimum atomic E-state index is -0.460. The van der Waals surface area contributed by atoms with Crippen LogP contribution in [0.2, 0.25) is 0 Å². The molecule has 0 atom stereocenters. The average Bonchev–Trinajstić information content (AvgIpc) is 3.22. The van der Waals surface area contributed by atoms with E-state index in [9.17, 15) is 9.18 Å². The molecule has 0 bridgehead atoms. The second kappa shape index (κ2) is 8.31. The number of halogens is 1. The molecule has 4 aromatic rings. The number of fused-ring (bicyclic) bond motifs is 1. The third-order valence-electron chi connectivity index (χ3n) is 3.96. The van der Waals surface area contributed by atoms with Crippen molar-refractivity contribution in [2.45, 2.75) is 0 Å². The zero-order valence-corrected chi connectivity index (χ0v) is 15.5. The quantitative estimate of drug-likeness (QED) is 0.281. The van der Waals surface area contributed by atoms with Crippen LogP contribution in [0.1, 0.15) is 15.9 Å². The molecule has 0 spiro atoms. The van der Waals surface area contributed by atoms with E-state index >= 15 is 0 Å². The van der Waals surface area contributed by atoms with E-state index in [0.717, 1.165) is 5.56 Å². The van der Waals surface area contributed by atoms with Gasteiger partial charge in [-0.1, -0.05) is 24.3 Å². The van der Waals surface area contributed by atoms with Crippen LogP contribution >= 0.6 is 0 Å². The Morgan fingerprint density at radius 1 is 1.07 bits per heavy atom. The number of carbonyl (C=O) groups excluding carboxylic acids is 1. The number of esters is 1. The number of ether oxygens (including phenoxy) is 1. The van der Waals surface area contributed by atoms with Crippen molar-refractivity contribution in [1.82, 2.24) is 20.3 Å². The number of carbonyl (C=O) groups is 1. The van der Waals surface area contributed by atoms with Crippen molar-refractivity contribution in [3.05, 3.63) is 65.5 Å². The summed E-state index contributed by atoms with van der Waals surface area (Å²) >= 11 is 0. The predicted octanol–water partition coefficient (Wildman–Crippen LogP) is 3.13. The first-order valence-corrected chi connectivity index (χ1v) is 8.63. The predicted molar refractivity (Wildman–Crippen MR) is 106 cm³/mol. The molecule has 0 amide bonds. The summed E-state index contributed by atoms with van der Waals surface area (Å²) in [4.78, 5) is 20.0. The molecule has 150 valence electrons. The van der Waals surface area contributed by atoms with Gasteiger partial charge in [0, 0.05) is 0 Å². The van der Waals surface area contributed by atoms with Crippen molar-refractivity contribution in [3.8, 4) is 0 Å². The summed E-state index contributed by atoms with van der Waals surface area (Å²) in [7, 11) is 1.32. The van der Waals surface area contributed by atoms with Crippen LogP contribution in [0, 0.1) is 5.82 Å². The summed E-state index contributed by atoms with van der Waals surface area (Å²) in [5, 5.41) is 14.3. The molecule has 0 unspecified atom stereocenters. The third kappa shape index (κ3) is 4.04. The number of methoxy groups -OCH3 is 1. The minimum absolute atomic E-state index is 0.154. The van der Waals surface area contributed by atoms with Gasteiger partial charge < -0.3 is 10.1 Å². The third-order valence-corrected chi connectivity index (χ3v) is 3.96. The van der Waals surface area contributed by atoms with Gasteiger partial charge >= 0.3 is 5.97 Å². The molecule has 2 aromatic carbocycles. The van der Waals surface area contributed by atoms with Gasteiger partial charge in [-0.25, -0.2) is 18.8 Å². The number of hydrogen-bond donors (Lipinski definition) is 2. The fourth-order valence-electron chi connectivity index (χ4n) is 2.48. The Morgan fingerprint density at radius 2 is 1.77 bits per heavy atom. The van der Waals surface area contributed by atoms with Crippen molar-refractivity contribution in [3.63, 3.8) is 0 Å². The standard InChI is InChI=1S/C19H14FN7O3/c1-29-19(28)12-8-6-11(7-9-12)10-21-25-16-15(22-14-5-3-2-4-13(14)20)23-17-18(24-16)27-30-26-17/h2-10H,1H3,(H,22,23,26)(H,24,25,27)/b21-10-. The first-order valence-electron chi connectivity index (χ1n) is 8.63. The SMILES string of the molecule is COC(=O)c1ccc(/C=N\Nc2nc3nonc3nc2Nc2ccccc2F)cc1. The fraction of sp³-hybridized carbons (Fsp3) is 0.0526. The average molecular weight is 407 g/mol. The second-order valence-electron chi connectivity index (χ2n) is 5.92. The van der Waals surface area contributed by atoms with Gasteiger partial charge in [0.1, 0.15) is 5.82 Å². The number of nitrogens with zero attached hydrogens (tertiary/aromatic N) is 5. The molecule has 0 aliphatic heterocycles. The zero-order valence-electron chi connectivity index (χ0n) is 15.5. The molecule has 10 nitrogen and oxygen atoms in total. The normalized spacial score (nSPS) is 11.0. The lowest BCUT2D eigenvalue weighted by Gasteiger charge is -2.09. The van der Waals surface area contributed by atoms with E-state index in [1.807, 2.05) is 0 Å². The van der Waals surface area contributed by atoms with E-state index < -0.39 is 11.8 Å². The molecule has 0 saturated carbocycles. The van der Waals surface area contributed by atoms with Crippen LogP contribution in [0.15, 0.2) is 58.3 Å². The minimum Gasteiger partial charge on any atom is -0.465 e. The maximum absolute atomic E-state index is 14.0. The Labute approximate surface area is 168 Å². The topological polar surface area (TPSA) is 127 Å². The number of hydrazone groups is 1. The van der Waals surface area contributed by atoms with Gasteiger partial charge in [-0.3, -0.25) is 5.43 Å². The van der Waals surface area contributed by atoms with Crippen LogP contribution in [0.4, 0.5) is 21.7 Å². The van der Waals surface area contributed by atoms with Gasteiger partial charge in [-0.15, -0.1) is 0 Å². The van der Waals surface area contributed by atoms with Gasteiger partial charge in [-0.2, -0.15) is 10.1 Å². The summed E-state index contributed by atoms with van der Waals surface area (Å²) in [6, 6.07) is 12.8. The Balaban J connectivity index is 1.57. The van der Waals surface area contributed by atoms with E-state index in [1.54, 1.807) is 42.5 Å². The lowest BCUT2D eigenvalue weighted by Crippen LogP contribution is -2.04. The molecule has 2 N–H and O–H groups in total. The number of rotatable bonds is 6. The molecule has 0 aliphatic carbocycles. The first kappa shape index (κ1) is 18.9. The van der Waals surface area contributed by atoms with E-state index in [2.05, 4.69) is 45.5 Å². The fourth-order valence-corrected chi connectivity index (χ4v) is 2.48. The summed E-state index contributed by atoms with van der Waals surface area (Å²) in [5.41, 5.74) is 4.40. The largest absolute Gasteiger partial charge is 0.465 e. The van der Waals surface area contributed by atoms with Crippen LogP contribution in [0.3, 0.4) is 0 Å². The zero-order chi connectivity index (χ0) is 20.9. The van der Waals surface area contributed by atoms with E-state index in [4.69, 9.17) is 0 Å². The van der Waals surface area contributed by atoms with Crippen LogP contribution in [0.25, 0.3) is 11.3 Å². The molecule has 0 fully saturated rings. The number of para-hydroxylation sites is 1. The molecular formula is C19H14FN7O3. The highest BCUT2D eigenvalue weighted by atomic mass is 19.1. The number of hydrogen-bond acceptors (Lipinski definition) is 10. The molecule has 0 radical (unpaired) electrons. The summed E-state index contributed by atoms with van der Waals surface area (Å²) < 4.78 is 23.3. The molecule has 2 aromatic heterocycles. The molecule has 0 saturated heterocycles. The van der Waals surface area contributed by atoms with E-state index in [0.29, 0.717) is 5.56 Å². The molecule has 30 heavy (non-hydrogen) atoms. The smallest absolute Gasteiger partial charge is 0.337 e. The van der Waals surface area contributed by atoms with Gasteiger partial charge in [0.2, 0.25) is 11.3 Å². The summed E-state index contributed by atoms with van der Waals surface area (Å²) in [5.74, 6) is -0.520. The van der Waals surface area contributed by atoms with Crippen molar-refractivity contribution < 1.29 is 18.6 Å². The van der Waals surface area contributed by atoms with Crippen LogP contribution < -0.4 is 10.7 Å². The van der Waals surface area contributed by atoms with Crippen molar-refractivity contribution in [2.24, 2.45) is 5.10 Å². The second-order valence-corrected chi connectivity index (χ2v) is 5.92. The molecule has 11 heteroatoms. The van der Waals surface area contributed by atoms with Crippen LogP contribution in [-0.2, 0) is 4.74 Å². The lowest BCUT2D eigenvalue weighted by atomic mass is 10.1. The highest BCUT2D eigenvalue weighted by Crippen LogP contribution is 2.25. The first-order chi connectivity index (χ1) is 14.6. The Morgan fingerprint density at radius 3 is 2.47 bits per heavy atom. The number of anilines is 3. The van der Waals surface area contributed by atoms with Gasteiger partial charge in [0.05, 0.1) is 24.6 Å². The highest BCUT2D eigenvalue weighted by Gasteiger charge is 2.14. The van der Waals surface area contributed by atoms with Gasteiger partial charge in [0.15, 0.2) is 11.6 Å². The number of aromatic nitrogens is 4. The number of nitrogens with one attached hydrogen (secondary N) is 2. The maximum atomic E-state index is 14.0. The van der Waals surface area contributed by atoms with Crippen molar-refractivity contribution in [2.75, 3.05) is 17.9 Å². The Bertz CT molecular complexity index is 1220. The monoisotopic (exact) mass is 407 g/mol. The molecule has 2 heterocycles. The molecule has 4 rings (SSSR count). The number of benzene rings is 2. The van der Waals surface area contributed by atoms with E-state index in [1.165, 1.54) is 19.4 Å². The highest BCUT2D eigenvalue weighted by molar-refractivity contribution is 5.90. The van der Waals surface area contributed by atoms with Crippen molar-refractivity contribution in [1.29, 1.82) is 0 Å². The van der Waals surface area contributed by atoms with E-state index in [-0.39, 0.29) is 28.6 Å². The van der Waals surface area contributed by atoms with Crippen LogP contribution in [0.5, 0.6) is 0 Å². The molecule has 0 aliphatic rings. The Kier molecular flexibility index (Phi) is 5.24. The van der Waals surface area contributed by atoms with Gasteiger partial charge in [0.25, 0.3) is 0 Å². The van der Waals surface area contributed by atoms with Crippen molar-refractivity contribution >= 4 is 40.8 Å². The maximum Gasteiger partial charge on any atom is 0.337 e. The lowest BCUT2D eigenvalue weighted by molar-refractivity contribution is 0.0600. The van der Waals surface area contributed by atoms with Crippen LogP contribution in [-0.4, -0.2) is 39.6 Å². The Hall–Kier alpha value is -4.41. The molecular weight excluding hydrogens is 393 g/mol. The summed E-state index contributed by atoms with van der Waals surface area (Å²) in [6.07, 6.45) is 1.51. The van der Waals surface area contributed by atoms with Gasteiger partial charge in [-0.05, 0) is 40.1 Å². The summed E-state index contributed by atoms with van der Waals surface area (Å²) in [6.45, 7) is 0.